The van der Waals surface area contributed by atoms with Gasteiger partial charge in [-0.25, -0.2) is 4.39 Å². The summed E-state index contributed by atoms with van der Waals surface area (Å²) in [5.41, 5.74) is 4.27. The van der Waals surface area contributed by atoms with E-state index in [1.807, 2.05) is 0 Å². The Morgan fingerprint density at radius 1 is 1.44 bits per heavy atom. The number of nitrogen functional groups attached to an aromatic ring is 1. The van der Waals surface area contributed by atoms with E-state index in [1.54, 1.807) is 6.92 Å². The van der Waals surface area contributed by atoms with Crippen LogP contribution in [0.25, 0.3) is 0 Å². The van der Waals surface area contributed by atoms with E-state index in [2.05, 4.69) is 5.32 Å². The van der Waals surface area contributed by atoms with E-state index in [4.69, 9.17) is 5.73 Å². The Balaban J connectivity index is 2.94. The monoisotopic (exact) mass is 256 g/mol. The van der Waals surface area contributed by atoms with Gasteiger partial charge in [-0.05, 0) is 24.6 Å². The van der Waals surface area contributed by atoms with Crippen molar-refractivity contribution in [1.82, 2.24) is 5.32 Å². The Morgan fingerprint density at radius 3 is 2.50 bits per heavy atom. The van der Waals surface area contributed by atoms with E-state index in [-0.39, 0.29) is 11.3 Å². The third-order valence-corrected chi connectivity index (χ3v) is 2.90. The Kier molecular flexibility index (Phi) is 4.63. The first-order valence-electron chi connectivity index (χ1n) is 5.57. The summed E-state index contributed by atoms with van der Waals surface area (Å²) >= 11 is 0. The molecule has 1 amide bonds. The van der Waals surface area contributed by atoms with Crippen molar-refractivity contribution in [2.24, 2.45) is 0 Å². The average molecular weight is 256 g/mol. The van der Waals surface area contributed by atoms with Crippen molar-refractivity contribution < 1.29 is 19.4 Å². The summed E-state index contributed by atoms with van der Waals surface area (Å²) < 4.78 is 13.5. The van der Waals surface area contributed by atoms with E-state index >= 15 is 0 Å². The lowest BCUT2D eigenvalue weighted by atomic mass is 9.97. The maximum atomic E-state index is 13.5. The quantitative estimate of drug-likeness (QED) is 0.569. The molecule has 0 aromatic heterocycles. The minimum atomic E-state index is -1.15. The van der Waals surface area contributed by atoms with Crippen molar-refractivity contribution in [2.75, 3.05) is 18.9 Å². The summed E-state index contributed by atoms with van der Waals surface area (Å²) in [6, 6.07) is 3.71. The van der Waals surface area contributed by atoms with Crippen molar-refractivity contribution in [1.29, 1.82) is 0 Å². The van der Waals surface area contributed by atoms with Crippen molar-refractivity contribution in [3.63, 3.8) is 0 Å². The van der Waals surface area contributed by atoms with Crippen molar-refractivity contribution >= 4 is 11.6 Å². The normalized spacial score (nSPS) is 11.3. The highest BCUT2D eigenvalue weighted by molar-refractivity contribution is 5.95. The van der Waals surface area contributed by atoms with Gasteiger partial charge in [0.1, 0.15) is 5.82 Å². The molecule has 0 spiro atoms. The zero-order valence-corrected chi connectivity index (χ0v) is 10.1. The Bertz CT molecular complexity index is 425. The summed E-state index contributed by atoms with van der Waals surface area (Å²) in [6.45, 7) is 0.844. The molecule has 1 aromatic carbocycles. The van der Waals surface area contributed by atoms with Gasteiger partial charge in [0.25, 0.3) is 5.91 Å². The minimum Gasteiger partial charge on any atom is -0.399 e. The molecule has 18 heavy (non-hydrogen) atoms. The number of carbonyl (C=O) groups is 1. The summed E-state index contributed by atoms with van der Waals surface area (Å²) in [6.07, 6.45) is 0.322. The van der Waals surface area contributed by atoms with Gasteiger partial charge in [-0.15, -0.1) is 0 Å². The zero-order valence-electron chi connectivity index (χ0n) is 10.1. The van der Waals surface area contributed by atoms with Crippen LogP contribution in [0.3, 0.4) is 0 Å². The second-order valence-corrected chi connectivity index (χ2v) is 4.14. The lowest BCUT2D eigenvalue weighted by molar-refractivity contribution is 0.0650. The Hall–Kier alpha value is -1.66. The summed E-state index contributed by atoms with van der Waals surface area (Å²) in [4.78, 5) is 11.9. The van der Waals surface area contributed by atoms with E-state index in [0.29, 0.717) is 6.42 Å². The lowest BCUT2D eigenvalue weighted by Gasteiger charge is -2.29. The number of carbonyl (C=O) groups excluding carboxylic acids is 1. The fourth-order valence-electron chi connectivity index (χ4n) is 1.46. The molecule has 0 aliphatic rings. The van der Waals surface area contributed by atoms with Crippen molar-refractivity contribution in [3.05, 3.63) is 29.6 Å². The van der Waals surface area contributed by atoms with Crippen LogP contribution in [0.2, 0.25) is 0 Å². The standard InChI is InChI=1S/C12H17FN2O3/c1-2-12(6-16,7-17)15-11(18)9-4-3-8(14)5-10(9)13/h3-5,16-17H,2,6-7,14H2,1H3,(H,15,18). The molecular weight excluding hydrogens is 239 g/mol. The number of aliphatic hydroxyl groups excluding tert-OH is 2. The highest BCUT2D eigenvalue weighted by Gasteiger charge is 2.29. The number of benzene rings is 1. The number of amides is 1. The molecule has 0 aliphatic heterocycles. The highest BCUT2D eigenvalue weighted by Crippen LogP contribution is 2.14. The van der Waals surface area contributed by atoms with E-state index in [9.17, 15) is 19.4 Å². The van der Waals surface area contributed by atoms with Crippen LogP contribution < -0.4 is 11.1 Å². The van der Waals surface area contributed by atoms with Gasteiger partial charge in [-0.3, -0.25) is 4.79 Å². The highest BCUT2D eigenvalue weighted by atomic mass is 19.1. The molecule has 0 bridgehead atoms. The molecule has 1 rings (SSSR count). The van der Waals surface area contributed by atoms with Gasteiger partial charge in [0.15, 0.2) is 0 Å². The largest absolute Gasteiger partial charge is 0.399 e. The van der Waals surface area contributed by atoms with Gasteiger partial charge < -0.3 is 21.3 Å². The molecule has 0 heterocycles. The number of nitrogens with one attached hydrogen (secondary N) is 1. The van der Waals surface area contributed by atoms with E-state index in [0.717, 1.165) is 6.07 Å². The smallest absolute Gasteiger partial charge is 0.254 e. The number of hydrogen-bond acceptors (Lipinski definition) is 4. The summed E-state index contributed by atoms with van der Waals surface area (Å²) in [5, 5.41) is 20.8. The predicted octanol–water partition coefficient (Wildman–Crippen LogP) is 0.271. The van der Waals surface area contributed by atoms with Crippen LogP contribution in [0.15, 0.2) is 18.2 Å². The SMILES string of the molecule is CCC(CO)(CO)NC(=O)c1ccc(N)cc1F. The van der Waals surface area contributed by atoms with Crippen molar-refractivity contribution in [3.8, 4) is 0 Å². The van der Waals surface area contributed by atoms with Crippen LogP contribution >= 0.6 is 0 Å². The van der Waals surface area contributed by atoms with Gasteiger partial charge in [0.2, 0.25) is 0 Å². The Labute approximate surface area is 104 Å². The number of aliphatic hydroxyl groups is 2. The molecular formula is C12H17FN2O3. The third kappa shape index (κ3) is 2.96. The zero-order chi connectivity index (χ0) is 13.8. The predicted molar refractivity (Wildman–Crippen MR) is 65.5 cm³/mol. The Morgan fingerprint density at radius 2 is 2.06 bits per heavy atom. The molecule has 5 N–H and O–H groups in total. The van der Waals surface area contributed by atoms with Crippen molar-refractivity contribution in [2.45, 2.75) is 18.9 Å². The molecule has 0 radical (unpaired) electrons. The summed E-state index contributed by atoms with van der Waals surface area (Å²) in [7, 11) is 0. The molecule has 0 saturated carbocycles. The van der Waals surface area contributed by atoms with E-state index in [1.165, 1.54) is 12.1 Å². The number of anilines is 1. The average Bonchev–Trinajstić information content (AvgIpc) is 2.36. The number of rotatable bonds is 5. The maximum Gasteiger partial charge on any atom is 0.254 e. The molecule has 0 aliphatic carbocycles. The second kappa shape index (κ2) is 5.79. The third-order valence-electron chi connectivity index (χ3n) is 2.90. The second-order valence-electron chi connectivity index (χ2n) is 4.14. The van der Waals surface area contributed by atoms with Gasteiger partial charge in [-0.1, -0.05) is 6.92 Å². The molecule has 0 unspecified atom stereocenters. The van der Waals surface area contributed by atoms with Crippen LogP contribution in [0.5, 0.6) is 0 Å². The van der Waals surface area contributed by atoms with Crippen LogP contribution in [-0.2, 0) is 0 Å². The maximum absolute atomic E-state index is 13.5. The first kappa shape index (κ1) is 14.4. The molecule has 1 aromatic rings. The first-order valence-corrected chi connectivity index (χ1v) is 5.57. The van der Waals surface area contributed by atoms with Crippen LogP contribution in [-0.4, -0.2) is 34.9 Å². The van der Waals surface area contributed by atoms with Crippen LogP contribution in [0.4, 0.5) is 10.1 Å². The molecule has 0 fully saturated rings. The van der Waals surface area contributed by atoms with Gasteiger partial charge in [0, 0.05) is 5.69 Å². The lowest BCUT2D eigenvalue weighted by Crippen LogP contribution is -2.53. The van der Waals surface area contributed by atoms with Crippen LogP contribution in [0, 0.1) is 5.82 Å². The first-order chi connectivity index (χ1) is 8.48. The van der Waals surface area contributed by atoms with E-state index < -0.39 is 30.5 Å². The topological polar surface area (TPSA) is 95.6 Å². The molecule has 5 nitrogen and oxygen atoms in total. The number of halogens is 1. The number of hydrogen-bond donors (Lipinski definition) is 4. The summed E-state index contributed by atoms with van der Waals surface area (Å²) in [5.74, 6) is -1.44. The molecule has 6 heteroatoms. The molecule has 100 valence electrons. The van der Waals surface area contributed by atoms with Gasteiger partial charge in [-0.2, -0.15) is 0 Å². The molecule has 0 atom stereocenters. The number of nitrogens with two attached hydrogens (primary N) is 1. The van der Waals surface area contributed by atoms with Crippen LogP contribution in [0.1, 0.15) is 23.7 Å². The molecule has 0 saturated heterocycles. The fraction of sp³-hybridized carbons (Fsp3) is 0.417. The van der Waals surface area contributed by atoms with Gasteiger partial charge >= 0.3 is 0 Å². The fourth-order valence-corrected chi connectivity index (χ4v) is 1.46. The minimum absolute atomic E-state index is 0.177. The van der Waals surface area contributed by atoms with Gasteiger partial charge in [0.05, 0.1) is 24.3 Å².